The summed E-state index contributed by atoms with van der Waals surface area (Å²) < 4.78 is 3.17. The van der Waals surface area contributed by atoms with Gasteiger partial charge in [-0.05, 0) is 6.42 Å². The minimum absolute atomic E-state index is 0.143. The van der Waals surface area contributed by atoms with E-state index in [0.29, 0.717) is 13.0 Å². The van der Waals surface area contributed by atoms with Gasteiger partial charge in [0.05, 0.1) is 12.6 Å². The molecule has 1 aliphatic rings. The molecule has 0 aliphatic carbocycles. The molecule has 1 saturated heterocycles. The lowest BCUT2D eigenvalue weighted by Gasteiger charge is -2.34. The first-order chi connectivity index (χ1) is 6.79. The molecular formula is C8H14Cl2N2O3. The fourth-order valence-corrected chi connectivity index (χ4v) is 1.47. The third kappa shape index (κ3) is 4.03. The summed E-state index contributed by atoms with van der Waals surface area (Å²) in [7, 11) is 0. The molecule has 0 saturated carbocycles. The van der Waals surface area contributed by atoms with Crippen LogP contribution in [0.5, 0.6) is 0 Å². The Morgan fingerprint density at radius 3 is 2.73 bits per heavy atom. The first-order valence-electron chi connectivity index (χ1n) is 4.59. The highest BCUT2D eigenvalue weighted by Gasteiger charge is 2.31. The van der Waals surface area contributed by atoms with Crippen LogP contribution in [0, 0.1) is 0 Å². The number of likely N-dealkylation sites (tertiary alicyclic amines) is 1. The van der Waals surface area contributed by atoms with Gasteiger partial charge in [0.15, 0.2) is 0 Å². The number of hydrogen-bond donors (Lipinski definition) is 2. The summed E-state index contributed by atoms with van der Waals surface area (Å²) in [6, 6.07) is -0.299. The van der Waals surface area contributed by atoms with Crippen LogP contribution in [-0.4, -0.2) is 45.9 Å². The summed E-state index contributed by atoms with van der Waals surface area (Å²) in [6.45, 7) is 1.92. The van der Waals surface area contributed by atoms with E-state index in [1.165, 1.54) is 11.8 Å². The van der Waals surface area contributed by atoms with Gasteiger partial charge >= 0.3 is 6.09 Å². The molecule has 3 N–H and O–H groups in total. The van der Waals surface area contributed by atoms with E-state index < -0.39 is 16.7 Å². The molecule has 0 aromatic heterocycles. The third-order valence-corrected chi connectivity index (χ3v) is 2.31. The number of amides is 1. The molecule has 88 valence electrons. The van der Waals surface area contributed by atoms with Gasteiger partial charge in [-0.15, -0.1) is 0 Å². The topological polar surface area (TPSA) is 75.8 Å². The second-order valence-corrected chi connectivity index (χ2v) is 5.28. The van der Waals surface area contributed by atoms with Crippen molar-refractivity contribution in [1.82, 2.24) is 4.90 Å². The Kier molecular flexibility index (Phi) is 4.06. The standard InChI is InChI=1S/C8H14Cl2N2O3/c1-8(9,10)15-7(14)12-3-2-5(11)6(13)4-12/h5-6,13H,2-4,11H2,1H3/t5-,6-/m0/s1. The van der Waals surface area contributed by atoms with Crippen molar-refractivity contribution in [2.45, 2.75) is 30.0 Å². The number of nitrogens with zero attached hydrogens (tertiary/aromatic N) is 1. The van der Waals surface area contributed by atoms with Gasteiger partial charge in [0.1, 0.15) is 0 Å². The Hall–Kier alpha value is -0.230. The van der Waals surface area contributed by atoms with Gasteiger partial charge in [0.25, 0.3) is 4.52 Å². The van der Waals surface area contributed by atoms with Gasteiger partial charge in [0, 0.05) is 19.5 Å². The molecule has 0 spiro atoms. The number of β-amino-alcohol motifs (C(OH)–C–C–N with tert-alkyl or cyclic N) is 1. The number of carbonyl (C=O) groups excluding carboxylic acids is 1. The summed E-state index contributed by atoms with van der Waals surface area (Å²) >= 11 is 11.0. The van der Waals surface area contributed by atoms with Gasteiger partial charge < -0.3 is 20.5 Å². The van der Waals surface area contributed by atoms with Gasteiger partial charge in [-0.25, -0.2) is 4.79 Å². The molecule has 0 unspecified atom stereocenters. The van der Waals surface area contributed by atoms with Crippen LogP contribution in [0.3, 0.4) is 0 Å². The van der Waals surface area contributed by atoms with Crippen LogP contribution >= 0.6 is 23.2 Å². The van der Waals surface area contributed by atoms with Crippen molar-refractivity contribution in [3.63, 3.8) is 0 Å². The zero-order valence-corrected chi connectivity index (χ0v) is 9.83. The van der Waals surface area contributed by atoms with Crippen LogP contribution in [0.2, 0.25) is 0 Å². The van der Waals surface area contributed by atoms with Crippen molar-refractivity contribution in [2.75, 3.05) is 13.1 Å². The molecule has 15 heavy (non-hydrogen) atoms. The van der Waals surface area contributed by atoms with Crippen LogP contribution in [0.4, 0.5) is 4.79 Å². The zero-order chi connectivity index (χ0) is 11.6. The quantitative estimate of drug-likeness (QED) is 0.677. The normalized spacial score (nSPS) is 27.7. The van der Waals surface area contributed by atoms with E-state index in [4.69, 9.17) is 33.7 Å². The monoisotopic (exact) mass is 256 g/mol. The minimum atomic E-state index is -1.55. The number of alkyl halides is 2. The Bertz CT molecular complexity index is 245. The minimum Gasteiger partial charge on any atom is -0.413 e. The maximum atomic E-state index is 11.4. The highest BCUT2D eigenvalue weighted by Crippen LogP contribution is 2.23. The van der Waals surface area contributed by atoms with Gasteiger partial charge in [-0.1, -0.05) is 23.2 Å². The number of ether oxygens (including phenoxy) is 1. The summed E-state index contributed by atoms with van der Waals surface area (Å²) in [5.74, 6) is 0. The molecule has 7 heteroatoms. The van der Waals surface area contributed by atoms with Crippen molar-refractivity contribution in [1.29, 1.82) is 0 Å². The summed E-state index contributed by atoms with van der Waals surface area (Å²) in [5, 5.41) is 9.45. The average Bonchev–Trinajstić information content (AvgIpc) is 2.06. The molecule has 1 fully saturated rings. The first-order valence-corrected chi connectivity index (χ1v) is 5.34. The van der Waals surface area contributed by atoms with E-state index >= 15 is 0 Å². The molecule has 5 nitrogen and oxygen atoms in total. The summed E-state index contributed by atoms with van der Waals surface area (Å²) in [6.07, 6.45) is -0.853. The van der Waals surface area contributed by atoms with E-state index in [0.717, 1.165) is 0 Å². The van der Waals surface area contributed by atoms with E-state index in [2.05, 4.69) is 0 Å². The smallest absolute Gasteiger partial charge is 0.412 e. The van der Waals surface area contributed by atoms with E-state index in [1.54, 1.807) is 0 Å². The highest BCUT2D eigenvalue weighted by atomic mass is 35.5. The number of nitrogens with two attached hydrogens (primary N) is 1. The fourth-order valence-electron chi connectivity index (χ4n) is 1.33. The third-order valence-electron chi connectivity index (χ3n) is 2.16. The molecule has 1 amide bonds. The number of hydrogen-bond acceptors (Lipinski definition) is 4. The highest BCUT2D eigenvalue weighted by molar-refractivity contribution is 6.47. The van der Waals surface area contributed by atoms with Crippen molar-refractivity contribution >= 4 is 29.3 Å². The average molecular weight is 257 g/mol. The molecule has 1 heterocycles. The van der Waals surface area contributed by atoms with Crippen LogP contribution in [0.15, 0.2) is 0 Å². The molecule has 1 aliphatic heterocycles. The Morgan fingerprint density at radius 1 is 1.67 bits per heavy atom. The van der Waals surface area contributed by atoms with Crippen molar-refractivity contribution < 1.29 is 14.6 Å². The number of carbonyl (C=O) groups is 1. The van der Waals surface area contributed by atoms with Crippen LogP contribution in [-0.2, 0) is 4.74 Å². The van der Waals surface area contributed by atoms with Crippen LogP contribution < -0.4 is 5.73 Å². The molecule has 1 rings (SSSR count). The second kappa shape index (κ2) is 4.74. The lowest BCUT2D eigenvalue weighted by Crippen LogP contribution is -2.52. The maximum Gasteiger partial charge on any atom is 0.412 e. The molecule has 0 aromatic carbocycles. The maximum absolute atomic E-state index is 11.4. The largest absolute Gasteiger partial charge is 0.413 e. The molecule has 0 aromatic rings. The number of halogens is 2. The number of rotatable bonds is 1. The number of piperidine rings is 1. The number of aliphatic hydroxyl groups is 1. The SMILES string of the molecule is CC(Cl)(Cl)OC(=O)N1CC[C@H](N)[C@@H](O)C1. The first kappa shape index (κ1) is 12.8. The van der Waals surface area contributed by atoms with E-state index in [-0.39, 0.29) is 12.6 Å². The van der Waals surface area contributed by atoms with Crippen LogP contribution in [0.1, 0.15) is 13.3 Å². The van der Waals surface area contributed by atoms with E-state index in [1.807, 2.05) is 0 Å². The van der Waals surface area contributed by atoms with Crippen molar-refractivity contribution in [3.8, 4) is 0 Å². The molecule has 0 bridgehead atoms. The van der Waals surface area contributed by atoms with Gasteiger partial charge in [-0.2, -0.15) is 0 Å². The molecule has 2 atom stereocenters. The van der Waals surface area contributed by atoms with Crippen molar-refractivity contribution in [3.05, 3.63) is 0 Å². The Labute approximate surface area is 98.1 Å². The zero-order valence-electron chi connectivity index (χ0n) is 8.32. The van der Waals surface area contributed by atoms with Crippen LogP contribution in [0.25, 0.3) is 0 Å². The van der Waals surface area contributed by atoms with E-state index in [9.17, 15) is 9.90 Å². The van der Waals surface area contributed by atoms with Gasteiger partial charge in [-0.3, -0.25) is 0 Å². The summed E-state index contributed by atoms with van der Waals surface area (Å²) in [5.41, 5.74) is 5.59. The van der Waals surface area contributed by atoms with Crippen molar-refractivity contribution in [2.24, 2.45) is 5.73 Å². The molecular weight excluding hydrogens is 243 g/mol. The number of aliphatic hydroxyl groups excluding tert-OH is 1. The Morgan fingerprint density at radius 2 is 2.27 bits per heavy atom. The predicted octanol–water partition coefficient (Wildman–Crippen LogP) is 0.668. The lowest BCUT2D eigenvalue weighted by atomic mass is 10.0. The fraction of sp³-hybridized carbons (Fsp3) is 0.875. The Balaban J connectivity index is 2.48. The molecule has 0 radical (unpaired) electrons. The summed E-state index contributed by atoms with van der Waals surface area (Å²) in [4.78, 5) is 12.8. The second-order valence-electron chi connectivity index (χ2n) is 3.64. The lowest BCUT2D eigenvalue weighted by molar-refractivity contribution is 0.0305. The van der Waals surface area contributed by atoms with Gasteiger partial charge in [0.2, 0.25) is 0 Å². The predicted molar refractivity (Wildman–Crippen MR) is 56.8 cm³/mol.